The van der Waals surface area contributed by atoms with Crippen molar-refractivity contribution < 1.29 is 9.31 Å². The summed E-state index contributed by atoms with van der Waals surface area (Å²) in [7, 11) is -0.250. The molecule has 0 amide bonds. The van der Waals surface area contributed by atoms with E-state index in [0.29, 0.717) is 11.8 Å². The summed E-state index contributed by atoms with van der Waals surface area (Å²) in [6.45, 7) is 8.36. The third kappa shape index (κ3) is 2.82. The summed E-state index contributed by atoms with van der Waals surface area (Å²) < 4.78 is 12.2. The highest BCUT2D eigenvalue weighted by Crippen LogP contribution is 2.40. The van der Waals surface area contributed by atoms with Gasteiger partial charge in [0.2, 0.25) is 0 Å². The molecule has 2 atom stereocenters. The molecule has 2 unspecified atom stereocenters. The van der Waals surface area contributed by atoms with Gasteiger partial charge in [-0.3, -0.25) is 0 Å². The van der Waals surface area contributed by atoms with Crippen LogP contribution < -0.4 is 5.73 Å². The Bertz CT molecular complexity index is 556. The minimum Gasteiger partial charge on any atom is -0.399 e. The normalized spacial score (nSPS) is 32.8. The van der Waals surface area contributed by atoms with Crippen molar-refractivity contribution in [2.45, 2.75) is 51.7 Å². The van der Waals surface area contributed by atoms with Crippen LogP contribution in [-0.4, -0.2) is 18.3 Å². The molecule has 3 rings (SSSR count). The quantitative estimate of drug-likeness (QED) is 0.793. The van der Waals surface area contributed by atoms with Crippen molar-refractivity contribution >= 4 is 7.12 Å². The van der Waals surface area contributed by atoms with Crippen LogP contribution >= 0.6 is 0 Å². The lowest BCUT2D eigenvalue weighted by Crippen LogP contribution is -2.41. The average Bonchev–Trinajstić information content (AvgIpc) is 2.68. The van der Waals surface area contributed by atoms with Crippen LogP contribution in [0, 0.1) is 11.8 Å². The Balaban J connectivity index is 1.64. The van der Waals surface area contributed by atoms with Gasteiger partial charge in [0.1, 0.15) is 0 Å². The molecule has 1 aliphatic heterocycles. The maximum atomic E-state index is 6.12. The fourth-order valence-corrected chi connectivity index (χ4v) is 3.10. The summed E-state index contributed by atoms with van der Waals surface area (Å²) in [5.74, 6) is 1.08. The van der Waals surface area contributed by atoms with E-state index in [0.717, 1.165) is 24.0 Å². The minimum absolute atomic E-state index is 0.250. The lowest BCUT2D eigenvalue weighted by molar-refractivity contribution is 0.00578. The molecule has 0 aromatic rings. The summed E-state index contributed by atoms with van der Waals surface area (Å²) >= 11 is 0. The van der Waals surface area contributed by atoms with Crippen LogP contribution in [-0.2, 0) is 9.31 Å². The summed E-state index contributed by atoms with van der Waals surface area (Å²) in [5, 5.41) is 0. The van der Waals surface area contributed by atoms with Gasteiger partial charge in [-0.25, -0.2) is 0 Å². The van der Waals surface area contributed by atoms with Crippen molar-refractivity contribution in [3.05, 3.63) is 47.6 Å². The molecule has 1 saturated heterocycles. The molecule has 118 valence electrons. The van der Waals surface area contributed by atoms with E-state index < -0.39 is 0 Å². The first kappa shape index (κ1) is 15.6. The Morgan fingerprint density at radius 1 is 0.955 bits per heavy atom. The standard InChI is InChI=1S/C18H26BNO2/c1-17(2)18(3,4)22-19(21-17)15-9-5-13(6-10-15)14-7-11-16(20)12-8-14/h5,7,9-14H,6,8,20H2,1-4H3. The van der Waals surface area contributed by atoms with E-state index in [2.05, 4.69) is 58.1 Å². The van der Waals surface area contributed by atoms with E-state index in [-0.39, 0.29) is 18.3 Å². The van der Waals surface area contributed by atoms with Crippen molar-refractivity contribution in [3.8, 4) is 0 Å². The van der Waals surface area contributed by atoms with Gasteiger partial charge in [-0.1, -0.05) is 30.4 Å². The molecule has 3 nitrogen and oxygen atoms in total. The Morgan fingerprint density at radius 2 is 1.50 bits per heavy atom. The van der Waals surface area contributed by atoms with Crippen molar-refractivity contribution in [2.24, 2.45) is 17.6 Å². The Kier molecular flexibility index (Phi) is 3.86. The van der Waals surface area contributed by atoms with Gasteiger partial charge >= 0.3 is 7.12 Å². The van der Waals surface area contributed by atoms with Crippen LogP contribution in [0.1, 0.15) is 40.5 Å². The molecule has 1 fully saturated rings. The first-order valence-corrected chi connectivity index (χ1v) is 8.16. The highest BCUT2D eigenvalue weighted by molar-refractivity contribution is 6.55. The fourth-order valence-electron chi connectivity index (χ4n) is 3.10. The van der Waals surface area contributed by atoms with Crippen molar-refractivity contribution in [3.63, 3.8) is 0 Å². The van der Waals surface area contributed by atoms with Gasteiger partial charge in [-0.05, 0) is 63.9 Å². The molecular formula is C18H26BNO2. The van der Waals surface area contributed by atoms with Gasteiger partial charge in [-0.2, -0.15) is 0 Å². The average molecular weight is 299 g/mol. The fraction of sp³-hybridized carbons (Fsp3) is 0.556. The number of nitrogens with two attached hydrogens (primary N) is 1. The van der Waals surface area contributed by atoms with E-state index in [9.17, 15) is 0 Å². The molecule has 3 aliphatic rings. The molecule has 1 heterocycles. The van der Waals surface area contributed by atoms with Gasteiger partial charge in [-0.15, -0.1) is 0 Å². The predicted molar refractivity (Wildman–Crippen MR) is 90.9 cm³/mol. The second-order valence-corrected chi connectivity index (χ2v) is 7.51. The van der Waals surface area contributed by atoms with E-state index in [1.54, 1.807) is 0 Å². The first-order valence-electron chi connectivity index (χ1n) is 8.16. The zero-order valence-electron chi connectivity index (χ0n) is 14.0. The molecule has 0 spiro atoms. The second-order valence-electron chi connectivity index (χ2n) is 7.51. The summed E-state index contributed by atoms with van der Waals surface area (Å²) in [6, 6.07) is 0. The highest BCUT2D eigenvalue weighted by Gasteiger charge is 2.52. The third-order valence-electron chi connectivity index (χ3n) is 5.40. The first-order chi connectivity index (χ1) is 10.3. The maximum Gasteiger partial charge on any atom is 0.494 e. The lowest BCUT2D eigenvalue weighted by Gasteiger charge is -2.32. The molecule has 22 heavy (non-hydrogen) atoms. The molecule has 0 radical (unpaired) electrons. The van der Waals surface area contributed by atoms with Crippen molar-refractivity contribution in [2.75, 3.05) is 0 Å². The molecule has 0 saturated carbocycles. The van der Waals surface area contributed by atoms with Crippen LogP contribution in [0.15, 0.2) is 47.6 Å². The van der Waals surface area contributed by atoms with Crippen LogP contribution in [0.4, 0.5) is 0 Å². The van der Waals surface area contributed by atoms with Gasteiger partial charge in [0.25, 0.3) is 0 Å². The molecule has 4 heteroatoms. The van der Waals surface area contributed by atoms with Crippen LogP contribution in [0.5, 0.6) is 0 Å². The SMILES string of the molecule is CC1(C)OB(C2=CCC(C3C=CC(N)=CC3)C=C2)OC1(C)C. The van der Waals surface area contributed by atoms with E-state index in [1.165, 1.54) is 0 Å². The highest BCUT2D eigenvalue weighted by atomic mass is 16.7. The van der Waals surface area contributed by atoms with Crippen LogP contribution in [0.3, 0.4) is 0 Å². The Labute approximate surface area is 134 Å². The molecule has 0 aromatic carbocycles. The molecule has 0 aromatic heterocycles. The molecule has 0 bridgehead atoms. The largest absolute Gasteiger partial charge is 0.494 e. The Morgan fingerprint density at radius 3 is 1.95 bits per heavy atom. The monoisotopic (exact) mass is 299 g/mol. The van der Waals surface area contributed by atoms with Gasteiger partial charge < -0.3 is 15.0 Å². The van der Waals surface area contributed by atoms with Crippen molar-refractivity contribution in [1.82, 2.24) is 0 Å². The molecule has 2 aliphatic carbocycles. The van der Waals surface area contributed by atoms with Gasteiger partial charge in [0, 0.05) is 5.70 Å². The second kappa shape index (κ2) is 5.43. The minimum atomic E-state index is -0.280. The van der Waals surface area contributed by atoms with E-state index in [4.69, 9.17) is 15.0 Å². The molecule has 2 N–H and O–H groups in total. The maximum absolute atomic E-state index is 6.12. The molecular weight excluding hydrogens is 273 g/mol. The van der Waals surface area contributed by atoms with E-state index in [1.807, 2.05) is 6.08 Å². The number of hydrogen-bond acceptors (Lipinski definition) is 3. The number of hydrogen-bond donors (Lipinski definition) is 1. The summed E-state index contributed by atoms with van der Waals surface area (Å²) in [6.07, 6.45) is 15.2. The van der Waals surface area contributed by atoms with Gasteiger partial charge in [0.05, 0.1) is 11.2 Å². The predicted octanol–water partition coefficient (Wildman–Crippen LogP) is 3.54. The smallest absolute Gasteiger partial charge is 0.399 e. The number of allylic oxidation sites excluding steroid dienone is 7. The lowest BCUT2D eigenvalue weighted by atomic mass is 9.72. The summed E-state index contributed by atoms with van der Waals surface area (Å²) in [4.78, 5) is 0. The van der Waals surface area contributed by atoms with Gasteiger partial charge in [0.15, 0.2) is 0 Å². The van der Waals surface area contributed by atoms with Crippen molar-refractivity contribution in [1.29, 1.82) is 0 Å². The topological polar surface area (TPSA) is 44.5 Å². The number of rotatable bonds is 2. The zero-order chi connectivity index (χ0) is 16.0. The van der Waals surface area contributed by atoms with Crippen LogP contribution in [0.2, 0.25) is 0 Å². The summed E-state index contributed by atoms with van der Waals surface area (Å²) in [5.41, 5.74) is 7.26. The van der Waals surface area contributed by atoms with Crippen LogP contribution in [0.25, 0.3) is 0 Å². The Hall–Kier alpha value is -1.26. The zero-order valence-corrected chi connectivity index (χ0v) is 14.0. The third-order valence-corrected chi connectivity index (χ3v) is 5.40. The van der Waals surface area contributed by atoms with E-state index >= 15 is 0 Å².